The zero-order valence-electron chi connectivity index (χ0n) is 5.22. The van der Waals surface area contributed by atoms with Crippen molar-refractivity contribution in [3.05, 3.63) is 0 Å². The smallest absolute Gasteiger partial charge is 0.111 e. The molecule has 1 fully saturated rings. The molecule has 4 N–H and O–H groups in total. The van der Waals surface area contributed by atoms with Crippen molar-refractivity contribution >= 4 is 5.84 Å². The monoisotopic (exact) mass is 127 g/mol. The zero-order chi connectivity index (χ0) is 6.69. The van der Waals surface area contributed by atoms with E-state index in [9.17, 15) is 0 Å². The first-order valence-electron chi connectivity index (χ1n) is 3.02. The van der Waals surface area contributed by atoms with Crippen molar-refractivity contribution in [3.8, 4) is 0 Å². The van der Waals surface area contributed by atoms with Crippen molar-refractivity contribution in [1.82, 2.24) is 10.6 Å². The van der Waals surface area contributed by atoms with Crippen LogP contribution in [0.15, 0.2) is 0 Å². The molecule has 1 saturated heterocycles. The fraction of sp³-hybridized carbons (Fsp3) is 0.800. The van der Waals surface area contributed by atoms with E-state index in [1.807, 2.05) is 0 Å². The molecule has 0 aromatic rings. The van der Waals surface area contributed by atoms with Crippen LogP contribution in [0.5, 0.6) is 0 Å². The normalized spacial score (nSPS) is 27.8. The lowest BCUT2D eigenvalue weighted by Crippen LogP contribution is -2.50. The van der Waals surface area contributed by atoms with Gasteiger partial charge in [0, 0.05) is 19.6 Å². The maximum Gasteiger partial charge on any atom is 0.111 e. The SMILES string of the molecule is N=C(N)C1CNCC[N]1. The summed E-state index contributed by atoms with van der Waals surface area (Å²) in [7, 11) is 0. The van der Waals surface area contributed by atoms with Gasteiger partial charge in [-0.3, -0.25) is 5.41 Å². The van der Waals surface area contributed by atoms with E-state index < -0.39 is 0 Å². The number of amidine groups is 1. The Hall–Kier alpha value is -0.610. The minimum Gasteiger partial charge on any atom is -0.386 e. The van der Waals surface area contributed by atoms with E-state index in [0.29, 0.717) is 0 Å². The van der Waals surface area contributed by atoms with Gasteiger partial charge in [0.25, 0.3) is 0 Å². The molecule has 1 heterocycles. The van der Waals surface area contributed by atoms with Gasteiger partial charge in [-0.25, -0.2) is 5.32 Å². The summed E-state index contributed by atoms with van der Waals surface area (Å²) >= 11 is 0. The predicted octanol–water partition coefficient (Wildman–Crippen LogP) is -1.50. The second-order valence-corrected chi connectivity index (χ2v) is 2.08. The van der Waals surface area contributed by atoms with Crippen LogP contribution in [0.1, 0.15) is 0 Å². The van der Waals surface area contributed by atoms with Gasteiger partial charge in [-0.2, -0.15) is 0 Å². The van der Waals surface area contributed by atoms with Gasteiger partial charge >= 0.3 is 0 Å². The summed E-state index contributed by atoms with van der Waals surface area (Å²) in [6.45, 7) is 2.43. The first-order chi connectivity index (χ1) is 4.30. The van der Waals surface area contributed by atoms with Crippen molar-refractivity contribution in [2.75, 3.05) is 19.6 Å². The topological polar surface area (TPSA) is 76.0 Å². The standard InChI is InChI=1S/C5H11N4/c6-5(7)4-3-8-1-2-9-4/h4,8H,1-3H2,(H3,6,7). The average Bonchev–Trinajstić information content (AvgIpc) is 1.90. The largest absolute Gasteiger partial charge is 0.386 e. The lowest BCUT2D eigenvalue weighted by Gasteiger charge is -2.20. The van der Waals surface area contributed by atoms with Crippen LogP contribution in [0.4, 0.5) is 0 Å². The summed E-state index contributed by atoms with van der Waals surface area (Å²) in [5.41, 5.74) is 5.22. The molecule has 1 atom stereocenters. The van der Waals surface area contributed by atoms with E-state index in [1.54, 1.807) is 0 Å². The van der Waals surface area contributed by atoms with Gasteiger partial charge in [-0.1, -0.05) is 0 Å². The number of nitrogens with two attached hydrogens (primary N) is 1. The van der Waals surface area contributed by atoms with Gasteiger partial charge in [-0.05, 0) is 0 Å². The number of nitrogens with zero attached hydrogens (tertiary/aromatic N) is 1. The van der Waals surface area contributed by atoms with Crippen LogP contribution in [-0.4, -0.2) is 31.5 Å². The van der Waals surface area contributed by atoms with Crippen LogP contribution in [0, 0.1) is 5.41 Å². The highest BCUT2D eigenvalue weighted by Gasteiger charge is 2.14. The summed E-state index contributed by atoms with van der Waals surface area (Å²) in [6, 6.07) is -0.0706. The predicted molar refractivity (Wildman–Crippen MR) is 35.6 cm³/mol. The third-order valence-corrected chi connectivity index (χ3v) is 1.33. The maximum absolute atomic E-state index is 7.03. The molecule has 1 aliphatic rings. The van der Waals surface area contributed by atoms with Gasteiger partial charge in [0.15, 0.2) is 0 Å². The molecule has 0 bridgehead atoms. The highest BCUT2D eigenvalue weighted by atomic mass is 15.1. The van der Waals surface area contributed by atoms with E-state index in [-0.39, 0.29) is 11.9 Å². The molecular weight excluding hydrogens is 116 g/mol. The van der Waals surface area contributed by atoms with E-state index >= 15 is 0 Å². The van der Waals surface area contributed by atoms with Gasteiger partial charge in [-0.15, -0.1) is 0 Å². The lowest BCUT2D eigenvalue weighted by atomic mass is 10.2. The molecule has 9 heavy (non-hydrogen) atoms. The molecule has 4 heteroatoms. The quantitative estimate of drug-likeness (QED) is 0.296. The second-order valence-electron chi connectivity index (χ2n) is 2.08. The molecule has 1 rings (SSSR count). The van der Waals surface area contributed by atoms with Gasteiger partial charge in [0.1, 0.15) is 5.84 Å². The van der Waals surface area contributed by atoms with Crippen molar-refractivity contribution < 1.29 is 0 Å². The van der Waals surface area contributed by atoms with Crippen LogP contribution in [0.3, 0.4) is 0 Å². The Morgan fingerprint density at radius 1 is 1.78 bits per heavy atom. The first-order valence-corrected chi connectivity index (χ1v) is 3.02. The molecule has 4 nitrogen and oxygen atoms in total. The summed E-state index contributed by atoms with van der Waals surface area (Å²) < 4.78 is 0. The maximum atomic E-state index is 7.03. The Labute approximate surface area is 54.3 Å². The number of rotatable bonds is 1. The third-order valence-electron chi connectivity index (χ3n) is 1.33. The van der Waals surface area contributed by atoms with Crippen molar-refractivity contribution in [1.29, 1.82) is 5.41 Å². The Kier molecular flexibility index (Phi) is 2.02. The highest BCUT2D eigenvalue weighted by Crippen LogP contribution is 1.86. The molecule has 0 saturated carbocycles. The van der Waals surface area contributed by atoms with E-state index in [1.165, 1.54) is 0 Å². The van der Waals surface area contributed by atoms with Gasteiger partial charge < -0.3 is 11.1 Å². The molecule has 0 amide bonds. The van der Waals surface area contributed by atoms with E-state index in [2.05, 4.69) is 10.6 Å². The van der Waals surface area contributed by atoms with Gasteiger partial charge in [0.2, 0.25) is 0 Å². The summed E-state index contributed by atoms with van der Waals surface area (Å²) in [4.78, 5) is 0. The molecule has 1 unspecified atom stereocenters. The van der Waals surface area contributed by atoms with Crippen LogP contribution < -0.4 is 16.4 Å². The van der Waals surface area contributed by atoms with Crippen molar-refractivity contribution in [3.63, 3.8) is 0 Å². The van der Waals surface area contributed by atoms with Crippen LogP contribution >= 0.6 is 0 Å². The molecule has 0 aromatic carbocycles. The van der Waals surface area contributed by atoms with Crippen LogP contribution in [0.25, 0.3) is 0 Å². The first kappa shape index (κ1) is 6.51. The van der Waals surface area contributed by atoms with Crippen molar-refractivity contribution in [2.45, 2.75) is 6.04 Å². The molecule has 0 aliphatic carbocycles. The second kappa shape index (κ2) is 2.80. The lowest BCUT2D eigenvalue weighted by molar-refractivity contribution is 0.476. The van der Waals surface area contributed by atoms with Gasteiger partial charge in [0.05, 0.1) is 6.04 Å². The highest BCUT2D eigenvalue weighted by molar-refractivity contribution is 5.83. The van der Waals surface area contributed by atoms with E-state index in [0.717, 1.165) is 19.6 Å². The summed E-state index contributed by atoms with van der Waals surface area (Å²) in [5.74, 6) is 0.169. The molecule has 0 aromatic heterocycles. The summed E-state index contributed by atoms with van der Waals surface area (Å²) in [6.07, 6.45) is 0. The third kappa shape index (κ3) is 1.65. The Morgan fingerprint density at radius 2 is 2.56 bits per heavy atom. The fourth-order valence-corrected chi connectivity index (χ4v) is 0.811. The number of nitrogens with one attached hydrogen (secondary N) is 2. The zero-order valence-corrected chi connectivity index (χ0v) is 5.22. The van der Waals surface area contributed by atoms with Crippen molar-refractivity contribution in [2.24, 2.45) is 5.73 Å². The van der Waals surface area contributed by atoms with Crippen LogP contribution in [0.2, 0.25) is 0 Å². The number of hydrogen-bond acceptors (Lipinski definition) is 2. The van der Waals surface area contributed by atoms with Crippen LogP contribution in [-0.2, 0) is 0 Å². The Morgan fingerprint density at radius 3 is 2.89 bits per heavy atom. The Bertz CT molecular complexity index is 106. The molecule has 0 spiro atoms. The number of hydrogen-bond donors (Lipinski definition) is 3. The minimum atomic E-state index is -0.0706. The van der Waals surface area contributed by atoms with E-state index in [4.69, 9.17) is 11.1 Å². The number of piperazine rings is 1. The minimum absolute atomic E-state index is 0.0706. The molecule has 1 radical (unpaired) electrons. The molecule has 1 aliphatic heterocycles. The summed E-state index contributed by atoms with van der Waals surface area (Å²) in [5, 5.41) is 14.3. The average molecular weight is 127 g/mol. The fourth-order valence-electron chi connectivity index (χ4n) is 0.811. The molecular formula is C5H11N4. The Balaban J connectivity index is 2.31. The molecule has 51 valence electrons.